The topological polar surface area (TPSA) is 220 Å². The Morgan fingerprint density at radius 1 is 0.709 bits per heavy atom. The second-order valence-electron chi connectivity index (χ2n) is 14.1. The maximum absolute atomic E-state index is 12.5. The number of aliphatic hydroxyl groups excluding tert-OH is 3. The monoisotopic (exact) mass is 814 g/mol. The molecule has 4 aromatic rings. The molecular formula is C30H37ClF6N10O8. The highest BCUT2D eigenvalue weighted by Gasteiger charge is 2.56. The van der Waals surface area contributed by atoms with Crippen molar-refractivity contribution in [2.24, 2.45) is 0 Å². The Morgan fingerprint density at radius 3 is 1.58 bits per heavy atom. The first kappa shape index (κ1) is 41.0. The molecule has 25 heteroatoms. The molecule has 4 aromatic heterocycles. The minimum atomic E-state index is -4.51. The molecule has 6 heterocycles. The summed E-state index contributed by atoms with van der Waals surface area (Å²) in [5, 5.41) is 44.2. The Labute approximate surface area is 312 Å². The second kappa shape index (κ2) is 14.7. The molecule has 0 spiro atoms. The SMILES string of the molecule is Cc1nc(Cl)c2nnn([C@@H]3C[C@H](O)[C@H]4OC(C)(C)O[C@H]43)c2n1.Cc1nc(OCC(F)(F)F)c2nnn([C@@H]3C[C@H](O)[C@H]4OC(C)(C)O[C@H]43)c2n1.OCC(F)(F)F. The van der Waals surface area contributed by atoms with E-state index in [0.717, 1.165) is 0 Å². The average Bonchev–Trinajstić information content (AvgIpc) is 3.90. The summed E-state index contributed by atoms with van der Waals surface area (Å²) in [7, 11) is 0. The molecule has 8 rings (SSSR count). The first-order chi connectivity index (χ1) is 25.5. The molecule has 2 aliphatic carbocycles. The summed E-state index contributed by atoms with van der Waals surface area (Å²) < 4.78 is 100. The largest absolute Gasteiger partial charge is 0.466 e. The van der Waals surface area contributed by atoms with E-state index in [1.54, 1.807) is 25.5 Å². The predicted octanol–water partition coefficient (Wildman–Crippen LogP) is 2.85. The number of aliphatic hydroxyl groups is 3. The van der Waals surface area contributed by atoms with Gasteiger partial charge in [0.2, 0.25) is 5.88 Å². The van der Waals surface area contributed by atoms with Gasteiger partial charge in [0, 0.05) is 12.8 Å². The summed E-state index contributed by atoms with van der Waals surface area (Å²) in [6, 6.07) is -0.654. The highest BCUT2D eigenvalue weighted by molar-refractivity contribution is 6.33. The van der Waals surface area contributed by atoms with Crippen LogP contribution in [0.3, 0.4) is 0 Å². The van der Waals surface area contributed by atoms with Crippen LogP contribution in [-0.4, -0.2) is 139 Å². The van der Waals surface area contributed by atoms with E-state index in [9.17, 15) is 36.6 Å². The smallest absolute Gasteiger partial charge is 0.422 e. The van der Waals surface area contributed by atoms with E-state index in [4.69, 9.17) is 40.4 Å². The van der Waals surface area contributed by atoms with Gasteiger partial charge in [0.25, 0.3) is 0 Å². The molecule has 0 aromatic carbocycles. The number of aryl methyl sites for hydroxylation is 2. The van der Waals surface area contributed by atoms with Gasteiger partial charge in [0.15, 0.2) is 45.7 Å². The molecule has 3 N–H and O–H groups in total. The van der Waals surface area contributed by atoms with Crippen molar-refractivity contribution in [1.82, 2.24) is 49.9 Å². The number of alkyl halides is 6. The number of rotatable bonds is 4. The van der Waals surface area contributed by atoms with Gasteiger partial charge < -0.3 is 39.0 Å². The molecule has 8 atom stereocenters. The Bertz CT molecular complexity index is 2020. The van der Waals surface area contributed by atoms with Crippen LogP contribution in [0.5, 0.6) is 5.88 Å². The standard InChI is InChI=1S/C15H18F3N5O4.C13H16ClN5O3.C2H3F3O/c1-6-19-12-9(13(20-6)25-5-15(16,17)18)21-22-23(12)7-4-8(24)11-10(7)26-14(2,3)27-11;1-5-15-11(14)8-12(16-5)19(18-17-8)6-4-7(20)10-9(6)21-13(2,3)22-10;3-2(4,5)1-6/h7-8,10-11,24H,4-5H2,1-3H3;6-7,9-10,20H,4H2,1-3H3;6H,1H2/t7-,8+,10+,11-;6-,7+,9+,10-;/m11./s1. The zero-order valence-electron chi connectivity index (χ0n) is 29.9. The highest BCUT2D eigenvalue weighted by atomic mass is 35.5. The summed E-state index contributed by atoms with van der Waals surface area (Å²) in [5.74, 6) is -1.13. The van der Waals surface area contributed by atoms with Crippen LogP contribution < -0.4 is 4.74 Å². The van der Waals surface area contributed by atoms with Crippen molar-refractivity contribution in [3.63, 3.8) is 0 Å². The Morgan fingerprint density at radius 2 is 1.13 bits per heavy atom. The maximum Gasteiger partial charge on any atom is 0.422 e. The number of hydrogen-bond acceptors (Lipinski definition) is 16. The van der Waals surface area contributed by atoms with E-state index in [-0.39, 0.29) is 52.7 Å². The number of halogens is 7. The minimum Gasteiger partial charge on any atom is -0.466 e. The van der Waals surface area contributed by atoms with Crippen LogP contribution >= 0.6 is 11.6 Å². The maximum atomic E-state index is 12.5. The van der Waals surface area contributed by atoms with Crippen LogP contribution in [-0.2, 0) is 18.9 Å². The lowest BCUT2D eigenvalue weighted by Crippen LogP contribution is -2.29. The molecule has 0 unspecified atom stereocenters. The van der Waals surface area contributed by atoms with Gasteiger partial charge in [-0.3, -0.25) is 0 Å². The average molecular weight is 815 g/mol. The summed E-state index contributed by atoms with van der Waals surface area (Å²) >= 11 is 6.10. The lowest BCUT2D eigenvalue weighted by molar-refractivity contribution is -0.166. The van der Waals surface area contributed by atoms with Gasteiger partial charge in [0.1, 0.15) is 42.7 Å². The van der Waals surface area contributed by atoms with E-state index in [1.165, 1.54) is 11.6 Å². The molecule has 2 saturated carbocycles. The number of aromatic nitrogens is 10. The first-order valence-corrected chi connectivity index (χ1v) is 17.1. The van der Waals surface area contributed by atoms with Crippen molar-refractivity contribution >= 4 is 33.9 Å². The third-order valence-electron chi connectivity index (χ3n) is 8.79. The van der Waals surface area contributed by atoms with E-state index in [0.29, 0.717) is 23.4 Å². The van der Waals surface area contributed by atoms with Crippen molar-refractivity contribution in [3.05, 3.63) is 16.8 Å². The first-order valence-electron chi connectivity index (χ1n) is 16.7. The number of nitrogens with zero attached hydrogens (tertiary/aromatic N) is 10. The minimum absolute atomic E-state index is 0.0148. The molecular weight excluding hydrogens is 778 g/mol. The van der Waals surface area contributed by atoms with Crippen LogP contribution in [0, 0.1) is 13.8 Å². The molecule has 2 aliphatic heterocycles. The molecule has 4 aliphatic rings. The van der Waals surface area contributed by atoms with E-state index in [2.05, 4.69) is 40.6 Å². The van der Waals surface area contributed by atoms with Crippen molar-refractivity contribution in [2.75, 3.05) is 13.2 Å². The van der Waals surface area contributed by atoms with Gasteiger partial charge in [-0.2, -0.15) is 31.3 Å². The lowest BCUT2D eigenvalue weighted by Gasteiger charge is -2.22. The highest BCUT2D eigenvalue weighted by Crippen LogP contribution is 2.46. The molecule has 4 fully saturated rings. The van der Waals surface area contributed by atoms with Crippen LogP contribution in [0.1, 0.15) is 64.3 Å². The van der Waals surface area contributed by atoms with Gasteiger partial charge in [-0.1, -0.05) is 22.0 Å². The normalized spacial score (nSPS) is 29.5. The predicted molar refractivity (Wildman–Crippen MR) is 172 cm³/mol. The van der Waals surface area contributed by atoms with Crippen LogP contribution in [0.4, 0.5) is 26.3 Å². The Hall–Kier alpha value is -3.65. The number of fused-ring (bicyclic) bond motifs is 4. The van der Waals surface area contributed by atoms with Gasteiger partial charge in [0.05, 0.1) is 24.3 Å². The van der Waals surface area contributed by atoms with E-state index >= 15 is 0 Å². The van der Waals surface area contributed by atoms with E-state index in [1.807, 2.05) is 13.8 Å². The molecule has 0 bridgehead atoms. The number of hydrogen-bond donors (Lipinski definition) is 3. The zero-order valence-corrected chi connectivity index (χ0v) is 30.7. The van der Waals surface area contributed by atoms with Crippen LogP contribution in [0.2, 0.25) is 5.15 Å². The van der Waals surface area contributed by atoms with Gasteiger partial charge in [-0.25, -0.2) is 24.3 Å². The Balaban J connectivity index is 0.000000166. The fourth-order valence-corrected chi connectivity index (χ4v) is 7.08. The second-order valence-corrected chi connectivity index (χ2v) is 14.5. The number of ether oxygens (including phenoxy) is 5. The molecule has 2 saturated heterocycles. The fourth-order valence-electron chi connectivity index (χ4n) is 6.84. The van der Waals surface area contributed by atoms with Crippen molar-refractivity contribution in [2.45, 2.75) is 127 Å². The lowest BCUT2D eigenvalue weighted by atomic mass is 10.2. The fraction of sp³-hybridized carbons (Fsp3) is 0.733. The Kier molecular flexibility index (Phi) is 11.0. The molecule has 304 valence electrons. The molecule has 0 radical (unpaired) electrons. The summed E-state index contributed by atoms with van der Waals surface area (Å²) in [5.41, 5.74) is 1.22. The third-order valence-corrected chi connectivity index (χ3v) is 9.05. The summed E-state index contributed by atoms with van der Waals surface area (Å²) in [6.07, 6.45) is -11.3. The van der Waals surface area contributed by atoms with E-state index < -0.39 is 67.6 Å². The molecule has 18 nitrogen and oxygen atoms in total. The van der Waals surface area contributed by atoms with Crippen molar-refractivity contribution in [3.8, 4) is 5.88 Å². The summed E-state index contributed by atoms with van der Waals surface area (Å²) in [6.45, 7) is 7.20. The quantitative estimate of drug-likeness (QED) is 0.199. The zero-order chi connectivity index (χ0) is 40.4. The van der Waals surface area contributed by atoms with Gasteiger partial charge >= 0.3 is 12.4 Å². The van der Waals surface area contributed by atoms with Gasteiger partial charge in [-0.15, -0.1) is 10.2 Å². The van der Waals surface area contributed by atoms with Crippen LogP contribution in [0.25, 0.3) is 22.3 Å². The molecule has 0 amide bonds. The summed E-state index contributed by atoms with van der Waals surface area (Å²) in [4.78, 5) is 16.6. The van der Waals surface area contributed by atoms with Crippen molar-refractivity contribution < 1.29 is 65.3 Å². The van der Waals surface area contributed by atoms with Gasteiger partial charge in [-0.05, 0) is 41.5 Å². The van der Waals surface area contributed by atoms with Crippen LogP contribution in [0.15, 0.2) is 0 Å². The van der Waals surface area contributed by atoms with Crippen molar-refractivity contribution in [1.29, 1.82) is 0 Å². The third kappa shape index (κ3) is 8.85. The molecule has 55 heavy (non-hydrogen) atoms.